The van der Waals surface area contributed by atoms with Crippen molar-refractivity contribution >= 4 is 11.9 Å². The second-order valence-corrected chi connectivity index (χ2v) is 6.62. The molecular weight excluding hydrogens is 385 g/mol. The molecule has 0 bridgehead atoms. The number of halogens is 1. The average Bonchev–Trinajstić information content (AvgIpc) is 2.73. The Balaban J connectivity index is 2.15. The summed E-state index contributed by atoms with van der Waals surface area (Å²) in [7, 11) is 1.83. The van der Waals surface area contributed by atoms with Crippen LogP contribution < -0.4 is 10.1 Å². The number of carbonyl (C=O) groups is 1. The number of amides is 1. The van der Waals surface area contributed by atoms with Crippen LogP contribution in [0.5, 0.6) is 11.6 Å². The quantitative estimate of drug-likeness (QED) is 0.503. The van der Waals surface area contributed by atoms with Crippen molar-refractivity contribution in [3.63, 3.8) is 0 Å². The maximum absolute atomic E-state index is 13.4. The van der Waals surface area contributed by atoms with Gasteiger partial charge in [-0.3, -0.25) is 4.79 Å². The topological polar surface area (TPSA) is 70.1 Å². The van der Waals surface area contributed by atoms with Crippen LogP contribution >= 0.6 is 0 Å². The number of aromatic nitrogens is 1. The Morgan fingerprint density at radius 1 is 1.20 bits per heavy atom. The Morgan fingerprint density at radius 3 is 2.63 bits per heavy atom. The Kier molecular flexibility index (Phi) is 9.05. The zero-order chi connectivity index (χ0) is 21.9. The van der Waals surface area contributed by atoms with Crippen molar-refractivity contribution in [2.45, 2.75) is 27.3 Å². The fourth-order valence-electron chi connectivity index (χ4n) is 2.86. The molecule has 0 saturated carbocycles. The van der Waals surface area contributed by atoms with E-state index in [4.69, 9.17) is 4.74 Å². The first-order chi connectivity index (χ1) is 14.5. The van der Waals surface area contributed by atoms with Crippen LogP contribution in [0.25, 0.3) is 0 Å². The Labute approximate surface area is 177 Å². The van der Waals surface area contributed by atoms with Gasteiger partial charge in [-0.15, -0.1) is 0 Å². The van der Waals surface area contributed by atoms with Crippen molar-refractivity contribution in [1.82, 2.24) is 20.1 Å². The van der Waals surface area contributed by atoms with E-state index in [1.54, 1.807) is 34.2 Å². The number of aliphatic imine (C=N–C) groups is 1. The van der Waals surface area contributed by atoms with Gasteiger partial charge in [-0.05, 0) is 39.0 Å². The van der Waals surface area contributed by atoms with E-state index in [9.17, 15) is 9.18 Å². The van der Waals surface area contributed by atoms with E-state index in [1.807, 2.05) is 33.9 Å². The number of nitrogens with zero attached hydrogens (tertiary/aromatic N) is 4. The van der Waals surface area contributed by atoms with E-state index in [0.29, 0.717) is 43.8 Å². The van der Waals surface area contributed by atoms with Crippen LogP contribution in [0.15, 0.2) is 47.6 Å². The van der Waals surface area contributed by atoms with Crippen LogP contribution in [0.4, 0.5) is 4.39 Å². The van der Waals surface area contributed by atoms with Crippen molar-refractivity contribution < 1.29 is 13.9 Å². The predicted molar refractivity (Wildman–Crippen MR) is 116 cm³/mol. The third-order valence-electron chi connectivity index (χ3n) is 4.44. The summed E-state index contributed by atoms with van der Waals surface area (Å²) in [4.78, 5) is 24.9. The number of benzene rings is 1. The summed E-state index contributed by atoms with van der Waals surface area (Å²) in [5.74, 6) is 1.01. The lowest BCUT2D eigenvalue weighted by atomic mass is 10.2. The second kappa shape index (κ2) is 11.7. The normalized spacial score (nSPS) is 11.2. The fourth-order valence-corrected chi connectivity index (χ4v) is 2.86. The number of carbonyl (C=O) groups excluding carboxylic acids is 1. The molecule has 0 saturated heterocycles. The number of nitrogens with one attached hydrogen (secondary N) is 1. The highest BCUT2D eigenvalue weighted by atomic mass is 19.1. The van der Waals surface area contributed by atoms with Gasteiger partial charge in [-0.2, -0.15) is 0 Å². The molecule has 1 aromatic heterocycles. The third-order valence-corrected chi connectivity index (χ3v) is 4.44. The van der Waals surface area contributed by atoms with E-state index in [2.05, 4.69) is 15.3 Å². The van der Waals surface area contributed by atoms with Crippen LogP contribution in [-0.4, -0.2) is 59.9 Å². The van der Waals surface area contributed by atoms with Crippen molar-refractivity contribution in [3.05, 3.63) is 54.0 Å². The molecule has 1 amide bonds. The van der Waals surface area contributed by atoms with Crippen LogP contribution in [0.1, 0.15) is 26.3 Å². The molecule has 0 spiro atoms. The summed E-state index contributed by atoms with van der Waals surface area (Å²) < 4.78 is 19.2. The van der Waals surface area contributed by atoms with Gasteiger partial charge in [0.05, 0.1) is 13.1 Å². The molecule has 1 aromatic carbocycles. The van der Waals surface area contributed by atoms with Gasteiger partial charge in [0.2, 0.25) is 11.8 Å². The van der Waals surface area contributed by atoms with Crippen LogP contribution in [-0.2, 0) is 11.3 Å². The molecule has 0 aliphatic carbocycles. The Hall–Kier alpha value is -3.16. The number of likely N-dealkylation sites (N-methyl/N-ethyl adjacent to an activating group) is 2. The minimum Gasteiger partial charge on any atom is -0.439 e. The van der Waals surface area contributed by atoms with E-state index in [0.717, 1.165) is 5.56 Å². The Morgan fingerprint density at radius 2 is 1.97 bits per heavy atom. The molecular formula is C22H30FN5O2. The molecule has 2 aromatic rings. The first kappa shape index (κ1) is 23.1. The number of guanidine groups is 1. The first-order valence-corrected chi connectivity index (χ1v) is 10.1. The van der Waals surface area contributed by atoms with E-state index in [1.165, 1.54) is 12.1 Å². The number of hydrogen-bond donors (Lipinski definition) is 1. The van der Waals surface area contributed by atoms with Crippen LogP contribution in [0.2, 0.25) is 0 Å². The second-order valence-electron chi connectivity index (χ2n) is 6.62. The largest absolute Gasteiger partial charge is 0.439 e. The van der Waals surface area contributed by atoms with Gasteiger partial charge < -0.3 is 19.9 Å². The summed E-state index contributed by atoms with van der Waals surface area (Å²) in [6.45, 7) is 8.44. The average molecular weight is 416 g/mol. The first-order valence-electron chi connectivity index (χ1n) is 10.1. The van der Waals surface area contributed by atoms with Gasteiger partial charge in [0.15, 0.2) is 5.96 Å². The molecule has 162 valence electrons. The van der Waals surface area contributed by atoms with Crippen molar-refractivity contribution in [2.24, 2.45) is 4.99 Å². The van der Waals surface area contributed by atoms with E-state index >= 15 is 0 Å². The minimum absolute atomic E-state index is 0.0459. The van der Waals surface area contributed by atoms with Gasteiger partial charge in [0.1, 0.15) is 11.6 Å². The summed E-state index contributed by atoms with van der Waals surface area (Å²) in [6, 6.07) is 9.56. The van der Waals surface area contributed by atoms with Crippen LogP contribution in [0.3, 0.4) is 0 Å². The van der Waals surface area contributed by atoms with Gasteiger partial charge in [0.25, 0.3) is 0 Å². The lowest BCUT2D eigenvalue weighted by Gasteiger charge is -2.25. The van der Waals surface area contributed by atoms with Crippen molar-refractivity contribution in [3.8, 4) is 11.6 Å². The molecule has 0 aliphatic rings. The van der Waals surface area contributed by atoms with Gasteiger partial charge in [0, 0.05) is 44.5 Å². The fraction of sp³-hybridized carbons (Fsp3) is 0.409. The van der Waals surface area contributed by atoms with Gasteiger partial charge >= 0.3 is 0 Å². The lowest BCUT2D eigenvalue weighted by Crippen LogP contribution is -2.45. The smallest absolute Gasteiger partial charge is 0.242 e. The highest BCUT2D eigenvalue weighted by molar-refractivity contribution is 5.86. The minimum atomic E-state index is -0.378. The standard InChI is InChI=1S/C22H30FN5O2/c1-5-24-22(27(4)16-20(29)28(6-2)7-3)26-15-17-10-9-13-25-21(17)30-19-12-8-11-18(23)14-19/h8-14H,5-7,15-16H2,1-4H3,(H,24,26). The molecule has 1 N–H and O–H groups in total. The van der Waals surface area contributed by atoms with Crippen LogP contribution in [0, 0.1) is 5.82 Å². The monoisotopic (exact) mass is 415 g/mol. The molecule has 1 heterocycles. The Bertz CT molecular complexity index is 855. The molecule has 0 aliphatic heterocycles. The van der Waals surface area contributed by atoms with Crippen molar-refractivity contribution in [2.75, 3.05) is 33.2 Å². The maximum atomic E-state index is 13.4. The molecule has 7 nitrogen and oxygen atoms in total. The number of rotatable bonds is 9. The molecule has 8 heteroatoms. The summed E-state index contributed by atoms with van der Waals surface area (Å²) in [5.41, 5.74) is 0.751. The third kappa shape index (κ3) is 6.72. The van der Waals surface area contributed by atoms with E-state index in [-0.39, 0.29) is 18.3 Å². The molecule has 0 fully saturated rings. The molecule has 0 radical (unpaired) electrons. The summed E-state index contributed by atoms with van der Waals surface area (Å²) >= 11 is 0. The maximum Gasteiger partial charge on any atom is 0.242 e. The number of pyridine rings is 1. The van der Waals surface area contributed by atoms with E-state index < -0.39 is 0 Å². The zero-order valence-corrected chi connectivity index (χ0v) is 18.1. The lowest BCUT2D eigenvalue weighted by molar-refractivity contribution is -0.131. The molecule has 2 rings (SSSR count). The molecule has 0 atom stereocenters. The highest BCUT2D eigenvalue weighted by Crippen LogP contribution is 2.24. The molecule has 30 heavy (non-hydrogen) atoms. The molecule has 0 unspecified atom stereocenters. The van der Waals surface area contributed by atoms with Crippen molar-refractivity contribution in [1.29, 1.82) is 0 Å². The number of hydrogen-bond acceptors (Lipinski definition) is 4. The number of ether oxygens (including phenoxy) is 1. The predicted octanol–water partition coefficient (Wildman–Crippen LogP) is 3.28. The van der Waals surface area contributed by atoms with Gasteiger partial charge in [-0.1, -0.05) is 12.1 Å². The highest BCUT2D eigenvalue weighted by Gasteiger charge is 2.15. The SMILES string of the molecule is CCNC(=NCc1cccnc1Oc1cccc(F)c1)N(C)CC(=O)N(CC)CC. The zero-order valence-electron chi connectivity index (χ0n) is 18.1. The summed E-state index contributed by atoms with van der Waals surface area (Å²) in [5, 5.41) is 3.20. The van der Waals surface area contributed by atoms with Gasteiger partial charge in [-0.25, -0.2) is 14.4 Å². The summed E-state index contributed by atoms with van der Waals surface area (Å²) in [6.07, 6.45) is 1.61.